The lowest BCUT2D eigenvalue weighted by atomic mass is 9.86. The topological polar surface area (TPSA) is 66.5 Å². The summed E-state index contributed by atoms with van der Waals surface area (Å²) in [7, 11) is 1.84. The molecule has 0 bridgehead atoms. The molecule has 1 aliphatic heterocycles. The lowest BCUT2D eigenvalue weighted by Gasteiger charge is -2.25. The third kappa shape index (κ3) is 3.67. The molecule has 118 valence electrons. The highest BCUT2D eigenvalue weighted by atomic mass is 127. The van der Waals surface area contributed by atoms with Gasteiger partial charge in [-0.1, -0.05) is 18.0 Å². The van der Waals surface area contributed by atoms with Crippen molar-refractivity contribution >= 4 is 29.9 Å². The van der Waals surface area contributed by atoms with Crippen LogP contribution in [0.1, 0.15) is 43.8 Å². The van der Waals surface area contributed by atoms with Crippen LogP contribution in [0.15, 0.2) is 9.52 Å². The number of nitrogens with one attached hydrogen (secondary N) is 1. The van der Waals surface area contributed by atoms with Gasteiger partial charge in [0.1, 0.15) is 0 Å². The fraction of sp³-hybridized carbons (Fsp3) is 0.786. The lowest BCUT2D eigenvalue weighted by Crippen LogP contribution is -2.40. The molecule has 1 aromatic rings. The summed E-state index contributed by atoms with van der Waals surface area (Å²) in [6.45, 7) is 4.60. The number of guanidine groups is 1. The Hall–Kier alpha value is -0.860. The van der Waals surface area contributed by atoms with Crippen molar-refractivity contribution < 1.29 is 4.52 Å². The van der Waals surface area contributed by atoms with Crippen LogP contribution in [0.3, 0.4) is 0 Å². The molecule has 3 rings (SSSR count). The van der Waals surface area contributed by atoms with E-state index in [4.69, 9.17) is 4.52 Å². The zero-order valence-electron chi connectivity index (χ0n) is 12.8. The molecule has 1 aliphatic carbocycles. The van der Waals surface area contributed by atoms with E-state index in [1.54, 1.807) is 6.92 Å². The van der Waals surface area contributed by atoms with Crippen LogP contribution in [0.4, 0.5) is 0 Å². The molecule has 0 radical (unpaired) electrons. The van der Waals surface area contributed by atoms with E-state index in [0.29, 0.717) is 23.7 Å². The summed E-state index contributed by atoms with van der Waals surface area (Å²) in [5, 5.41) is 7.24. The smallest absolute Gasteiger partial charge is 0.223 e. The minimum atomic E-state index is 0. The minimum absolute atomic E-state index is 0. The molecule has 0 atom stereocenters. The highest BCUT2D eigenvalue weighted by Gasteiger charge is 2.41. The molecule has 2 aliphatic rings. The Kier molecular flexibility index (Phi) is 5.45. The van der Waals surface area contributed by atoms with Gasteiger partial charge in [-0.25, -0.2) is 0 Å². The summed E-state index contributed by atoms with van der Waals surface area (Å²) in [6, 6.07) is 0. The Labute approximate surface area is 142 Å². The van der Waals surface area contributed by atoms with Crippen LogP contribution in [-0.4, -0.2) is 41.1 Å². The molecular formula is C14H24IN5O. The van der Waals surface area contributed by atoms with Gasteiger partial charge in [-0.3, -0.25) is 4.99 Å². The van der Waals surface area contributed by atoms with Gasteiger partial charge in [-0.05, 0) is 24.7 Å². The van der Waals surface area contributed by atoms with Gasteiger partial charge in [0.25, 0.3) is 0 Å². The molecule has 1 saturated heterocycles. The lowest BCUT2D eigenvalue weighted by molar-refractivity contribution is 0.309. The van der Waals surface area contributed by atoms with Crippen LogP contribution < -0.4 is 5.32 Å². The normalized spacial score (nSPS) is 20.9. The van der Waals surface area contributed by atoms with E-state index < -0.39 is 0 Å². The van der Waals surface area contributed by atoms with Crippen molar-refractivity contribution in [3.05, 3.63) is 11.7 Å². The van der Waals surface area contributed by atoms with Crippen molar-refractivity contribution in [1.82, 2.24) is 20.4 Å². The van der Waals surface area contributed by atoms with E-state index in [0.717, 1.165) is 19.0 Å². The molecule has 2 fully saturated rings. The first-order chi connectivity index (χ1) is 9.71. The SMILES string of the molecule is CN=C(NCc1noc(C)n1)N1CCC2(CCCC2)C1.I. The fourth-order valence-electron chi connectivity index (χ4n) is 3.55. The Balaban J connectivity index is 0.00000161. The average Bonchev–Trinajstić information content (AvgIpc) is 3.15. The van der Waals surface area contributed by atoms with Crippen molar-refractivity contribution in [2.24, 2.45) is 10.4 Å². The monoisotopic (exact) mass is 405 g/mol. The number of likely N-dealkylation sites (tertiary alicyclic amines) is 1. The number of halogens is 1. The zero-order chi connectivity index (χ0) is 14.0. The van der Waals surface area contributed by atoms with Crippen LogP contribution in [0.2, 0.25) is 0 Å². The number of nitrogens with zero attached hydrogens (tertiary/aromatic N) is 4. The maximum absolute atomic E-state index is 4.98. The first-order valence-corrected chi connectivity index (χ1v) is 7.46. The first kappa shape index (κ1) is 16.5. The molecule has 1 saturated carbocycles. The number of hydrogen-bond donors (Lipinski definition) is 1. The molecule has 0 amide bonds. The Morgan fingerprint density at radius 2 is 2.14 bits per heavy atom. The predicted molar refractivity (Wildman–Crippen MR) is 91.7 cm³/mol. The zero-order valence-corrected chi connectivity index (χ0v) is 15.1. The maximum atomic E-state index is 4.98. The van der Waals surface area contributed by atoms with E-state index in [1.165, 1.54) is 32.1 Å². The van der Waals surface area contributed by atoms with Gasteiger partial charge >= 0.3 is 0 Å². The fourth-order valence-corrected chi connectivity index (χ4v) is 3.55. The summed E-state index contributed by atoms with van der Waals surface area (Å²) in [5.74, 6) is 2.23. The van der Waals surface area contributed by atoms with E-state index in [-0.39, 0.29) is 24.0 Å². The van der Waals surface area contributed by atoms with Crippen molar-refractivity contribution in [3.63, 3.8) is 0 Å². The summed E-state index contributed by atoms with van der Waals surface area (Å²) in [5.41, 5.74) is 0.556. The van der Waals surface area contributed by atoms with Crippen LogP contribution in [0.5, 0.6) is 0 Å². The van der Waals surface area contributed by atoms with Gasteiger partial charge in [0.05, 0.1) is 6.54 Å². The van der Waals surface area contributed by atoms with Crippen molar-refractivity contribution in [2.75, 3.05) is 20.1 Å². The molecule has 0 unspecified atom stereocenters. The number of aryl methyl sites for hydroxylation is 1. The third-order valence-electron chi connectivity index (χ3n) is 4.59. The quantitative estimate of drug-likeness (QED) is 0.465. The van der Waals surface area contributed by atoms with Crippen molar-refractivity contribution in [3.8, 4) is 0 Å². The molecular weight excluding hydrogens is 381 g/mol. The second-order valence-electron chi connectivity index (χ2n) is 6.01. The summed E-state index contributed by atoms with van der Waals surface area (Å²) < 4.78 is 4.98. The van der Waals surface area contributed by atoms with Crippen LogP contribution in [0.25, 0.3) is 0 Å². The van der Waals surface area contributed by atoms with Gasteiger partial charge in [0, 0.05) is 27.1 Å². The number of aliphatic imine (C=N–C) groups is 1. The largest absolute Gasteiger partial charge is 0.349 e. The molecule has 1 spiro atoms. The maximum Gasteiger partial charge on any atom is 0.223 e. The molecule has 0 aromatic carbocycles. The summed E-state index contributed by atoms with van der Waals surface area (Å²) >= 11 is 0. The number of aromatic nitrogens is 2. The van der Waals surface area contributed by atoms with Crippen LogP contribution in [-0.2, 0) is 6.54 Å². The van der Waals surface area contributed by atoms with Crippen molar-refractivity contribution in [2.45, 2.75) is 45.6 Å². The van der Waals surface area contributed by atoms with Gasteiger partial charge in [-0.2, -0.15) is 4.98 Å². The second kappa shape index (κ2) is 6.93. The van der Waals surface area contributed by atoms with E-state index >= 15 is 0 Å². The van der Waals surface area contributed by atoms with E-state index in [9.17, 15) is 0 Å². The minimum Gasteiger partial charge on any atom is -0.349 e. The molecule has 1 N–H and O–H groups in total. The highest BCUT2D eigenvalue weighted by Crippen LogP contribution is 2.45. The molecule has 6 nitrogen and oxygen atoms in total. The van der Waals surface area contributed by atoms with Gasteiger partial charge < -0.3 is 14.7 Å². The second-order valence-corrected chi connectivity index (χ2v) is 6.01. The highest BCUT2D eigenvalue weighted by molar-refractivity contribution is 14.0. The Bertz CT molecular complexity index is 495. The third-order valence-corrected chi connectivity index (χ3v) is 4.59. The van der Waals surface area contributed by atoms with Gasteiger partial charge in [-0.15, -0.1) is 24.0 Å². The molecule has 7 heteroatoms. The van der Waals surface area contributed by atoms with Gasteiger partial charge in [0.15, 0.2) is 11.8 Å². The van der Waals surface area contributed by atoms with E-state index in [1.807, 2.05) is 7.05 Å². The average molecular weight is 405 g/mol. The molecule has 1 aromatic heterocycles. The summed E-state index contributed by atoms with van der Waals surface area (Å²) in [4.78, 5) is 11.0. The van der Waals surface area contributed by atoms with Crippen LogP contribution >= 0.6 is 24.0 Å². The van der Waals surface area contributed by atoms with Gasteiger partial charge in [0.2, 0.25) is 5.89 Å². The first-order valence-electron chi connectivity index (χ1n) is 7.46. The standard InChI is InChI=1S/C14H23N5O.HI/c1-11-17-12(18-20-11)9-16-13(15-2)19-8-7-14(10-19)5-3-4-6-14;/h3-10H2,1-2H3,(H,15,16);1H. The summed E-state index contributed by atoms with van der Waals surface area (Å²) in [6.07, 6.45) is 6.84. The van der Waals surface area contributed by atoms with Crippen molar-refractivity contribution in [1.29, 1.82) is 0 Å². The Morgan fingerprint density at radius 1 is 1.38 bits per heavy atom. The van der Waals surface area contributed by atoms with Crippen LogP contribution in [0, 0.1) is 12.3 Å². The number of hydrogen-bond acceptors (Lipinski definition) is 4. The molecule has 21 heavy (non-hydrogen) atoms. The van der Waals surface area contributed by atoms with E-state index in [2.05, 4.69) is 25.3 Å². The predicted octanol–water partition coefficient (Wildman–Crippen LogP) is 2.34. The Morgan fingerprint density at radius 3 is 2.76 bits per heavy atom. The molecule has 2 heterocycles. The number of rotatable bonds is 2.